The predicted octanol–water partition coefficient (Wildman–Crippen LogP) is 2.97. The van der Waals surface area contributed by atoms with Gasteiger partial charge in [0.25, 0.3) is 0 Å². The van der Waals surface area contributed by atoms with Gasteiger partial charge in [-0.2, -0.15) is 5.10 Å². The minimum absolute atomic E-state index is 0.0911. The van der Waals surface area contributed by atoms with E-state index in [1.807, 2.05) is 35.2 Å². The molecule has 2 aromatic heterocycles. The number of amides is 2. The first-order valence-electron chi connectivity index (χ1n) is 8.04. The number of benzene rings is 1. The molecule has 3 heterocycles. The molecule has 1 saturated heterocycles. The quantitative estimate of drug-likeness (QED) is 0.740. The van der Waals surface area contributed by atoms with Gasteiger partial charge < -0.3 is 15.1 Å². The second-order valence-electron chi connectivity index (χ2n) is 5.91. The van der Waals surface area contributed by atoms with Crippen molar-refractivity contribution in [2.75, 3.05) is 36.4 Å². The average molecular weight is 357 g/mol. The van der Waals surface area contributed by atoms with Gasteiger partial charge in [-0.3, -0.25) is 5.10 Å². The molecule has 8 heteroatoms. The Balaban J connectivity index is 1.36. The molecular formula is C17H17ClN6O. The lowest BCUT2D eigenvalue weighted by Crippen LogP contribution is -2.50. The largest absolute Gasteiger partial charge is 0.353 e. The summed E-state index contributed by atoms with van der Waals surface area (Å²) >= 11 is 5.87. The Hall–Kier alpha value is -2.80. The number of aromatic amines is 1. The van der Waals surface area contributed by atoms with E-state index in [1.165, 1.54) is 0 Å². The lowest BCUT2D eigenvalue weighted by atomic mass is 10.2. The highest BCUT2D eigenvalue weighted by Gasteiger charge is 2.22. The number of urea groups is 1. The molecule has 3 aromatic rings. The van der Waals surface area contributed by atoms with Gasteiger partial charge in [-0.05, 0) is 30.3 Å². The number of nitrogens with one attached hydrogen (secondary N) is 2. The number of nitrogens with zero attached hydrogens (tertiary/aromatic N) is 4. The van der Waals surface area contributed by atoms with E-state index in [4.69, 9.17) is 11.6 Å². The zero-order valence-corrected chi connectivity index (χ0v) is 14.2. The van der Waals surface area contributed by atoms with Crippen LogP contribution in [0.3, 0.4) is 0 Å². The van der Waals surface area contributed by atoms with Crippen molar-refractivity contribution < 1.29 is 4.79 Å². The maximum absolute atomic E-state index is 12.5. The molecule has 1 fully saturated rings. The highest BCUT2D eigenvalue weighted by Crippen LogP contribution is 2.19. The molecule has 1 aliphatic rings. The number of pyridine rings is 1. The van der Waals surface area contributed by atoms with E-state index in [1.54, 1.807) is 12.4 Å². The Bertz CT molecular complexity index is 886. The molecule has 1 aromatic carbocycles. The molecular weight excluding hydrogens is 340 g/mol. The lowest BCUT2D eigenvalue weighted by molar-refractivity contribution is 0.208. The van der Waals surface area contributed by atoms with E-state index in [2.05, 4.69) is 25.4 Å². The highest BCUT2D eigenvalue weighted by atomic mass is 35.5. The number of fused-ring (bicyclic) bond motifs is 1. The van der Waals surface area contributed by atoms with E-state index in [0.29, 0.717) is 18.1 Å². The summed E-state index contributed by atoms with van der Waals surface area (Å²) in [6, 6.07) is 9.32. The van der Waals surface area contributed by atoms with E-state index < -0.39 is 0 Å². The zero-order valence-electron chi connectivity index (χ0n) is 13.4. The van der Waals surface area contributed by atoms with Gasteiger partial charge in [0.05, 0.1) is 16.7 Å². The van der Waals surface area contributed by atoms with Gasteiger partial charge in [-0.1, -0.05) is 11.6 Å². The fraction of sp³-hybridized carbons (Fsp3) is 0.235. The smallest absolute Gasteiger partial charge is 0.321 e. The SMILES string of the molecule is O=C(Nc1ccc2[nH]ncc2c1)N1CCN(c2ccc(Cl)cn2)CC1. The molecule has 0 saturated carbocycles. The van der Waals surface area contributed by atoms with Gasteiger partial charge in [0.1, 0.15) is 5.82 Å². The maximum Gasteiger partial charge on any atom is 0.321 e. The van der Waals surface area contributed by atoms with Crippen LogP contribution >= 0.6 is 11.6 Å². The summed E-state index contributed by atoms with van der Waals surface area (Å²) in [4.78, 5) is 20.8. The molecule has 0 bridgehead atoms. The van der Waals surface area contributed by atoms with Gasteiger partial charge in [0.2, 0.25) is 0 Å². The minimum Gasteiger partial charge on any atom is -0.353 e. The van der Waals surface area contributed by atoms with Crippen molar-refractivity contribution in [3.05, 3.63) is 47.7 Å². The van der Waals surface area contributed by atoms with Crippen molar-refractivity contribution in [3.8, 4) is 0 Å². The van der Waals surface area contributed by atoms with E-state index in [0.717, 1.165) is 35.5 Å². The normalized spacial score (nSPS) is 14.8. The Kier molecular flexibility index (Phi) is 4.15. The number of carbonyl (C=O) groups is 1. The summed E-state index contributed by atoms with van der Waals surface area (Å²) in [6.45, 7) is 2.76. The molecule has 0 radical (unpaired) electrons. The van der Waals surface area contributed by atoms with Crippen LogP contribution in [-0.4, -0.2) is 52.3 Å². The van der Waals surface area contributed by atoms with Gasteiger partial charge in [-0.25, -0.2) is 9.78 Å². The molecule has 2 N–H and O–H groups in total. The summed E-state index contributed by atoms with van der Waals surface area (Å²) in [6.07, 6.45) is 3.38. The summed E-state index contributed by atoms with van der Waals surface area (Å²) < 4.78 is 0. The summed E-state index contributed by atoms with van der Waals surface area (Å²) in [7, 11) is 0. The first kappa shape index (κ1) is 15.7. The van der Waals surface area contributed by atoms with Crippen molar-refractivity contribution in [3.63, 3.8) is 0 Å². The van der Waals surface area contributed by atoms with Crippen molar-refractivity contribution in [2.24, 2.45) is 0 Å². The van der Waals surface area contributed by atoms with E-state index in [-0.39, 0.29) is 6.03 Å². The second kappa shape index (κ2) is 6.60. The van der Waals surface area contributed by atoms with Crippen LogP contribution < -0.4 is 10.2 Å². The van der Waals surface area contributed by atoms with Crippen LogP contribution in [0.1, 0.15) is 0 Å². The van der Waals surface area contributed by atoms with E-state index in [9.17, 15) is 4.79 Å². The number of rotatable bonds is 2. The maximum atomic E-state index is 12.5. The van der Waals surface area contributed by atoms with Crippen LogP contribution in [0, 0.1) is 0 Å². The number of H-pyrrole nitrogens is 1. The van der Waals surface area contributed by atoms with Crippen molar-refractivity contribution in [1.82, 2.24) is 20.1 Å². The Morgan fingerprint density at radius 2 is 1.96 bits per heavy atom. The molecule has 4 rings (SSSR count). The Morgan fingerprint density at radius 1 is 1.12 bits per heavy atom. The van der Waals surface area contributed by atoms with Gasteiger partial charge >= 0.3 is 6.03 Å². The molecule has 128 valence electrons. The monoisotopic (exact) mass is 356 g/mol. The summed E-state index contributed by atoms with van der Waals surface area (Å²) in [5, 5.41) is 11.4. The van der Waals surface area contributed by atoms with Crippen LogP contribution in [0.2, 0.25) is 5.02 Å². The molecule has 0 spiro atoms. The molecule has 0 aliphatic carbocycles. The third kappa shape index (κ3) is 3.36. The van der Waals surface area contributed by atoms with Crippen LogP contribution in [0.15, 0.2) is 42.7 Å². The van der Waals surface area contributed by atoms with Crippen LogP contribution in [0.25, 0.3) is 10.9 Å². The number of carbonyl (C=O) groups excluding carboxylic acids is 1. The Labute approximate surface area is 149 Å². The molecule has 1 aliphatic heterocycles. The molecule has 0 atom stereocenters. The summed E-state index contributed by atoms with van der Waals surface area (Å²) in [5.41, 5.74) is 1.71. The number of anilines is 2. The van der Waals surface area contributed by atoms with Gasteiger partial charge in [0.15, 0.2) is 0 Å². The van der Waals surface area contributed by atoms with E-state index >= 15 is 0 Å². The van der Waals surface area contributed by atoms with Gasteiger partial charge in [0, 0.05) is 43.4 Å². The fourth-order valence-corrected chi connectivity index (χ4v) is 3.03. The molecule has 0 unspecified atom stereocenters. The predicted molar refractivity (Wildman–Crippen MR) is 98.1 cm³/mol. The standard InChI is InChI=1S/C17H17ClN6O/c18-13-1-4-16(19-11-13)23-5-7-24(8-6-23)17(25)21-14-2-3-15-12(9-14)10-20-22-15/h1-4,9-11H,5-8H2,(H,20,22)(H,21,25). The number of aromatic nitrogens is 3. The third-order valence-electron chi connectivity index (χ3n) is 4.29. The number of hydrogen-bond donors (Lipinski definition) is 2. The number of piperazine rings is 1. The topological polar surface area (TPSA) is 77.2 Å². The average Bonchev–Trinajstić information content (AvgIpc) is 3.10. The number of halogens is 1. The highest BCUT2D eigenvalue weighted by molar-refractivity contribution is 6.30. The van der Waals surface area contributed by atoms with Crippen molar-refractivity contribution >= 4 is 40.0 Å². The lowest BCUT2D eigenvalue weighted by Gasteiger charge is -2.35. The second-order valence-corrected chi connectivity index (χ2v) is 6.35. The van der Waals surface area contributed by atoms with Crippen molar-refractivity contribution in [1.29, 1.82) is 0 Å². The first-order chi connectivity index (χ1) is 12.2. The summed E-state index contributed by atoms with van der Waals surface area (Å²) in [5.74, 6) is 0.884. The third-order valence-corrected chi connectivity index (χ3v) is 4.52. The Morgan fingerprint density at radius 3 is 2.72 bits per heavy atom. The van der Waals surface area contributed by atoms with Crippen LogP contribution in [0.4, 0.5) is 16.3 Å². The van der Waals surface area contributed by atoms with Crippen LogP contribution in [-0.2, 0) is 0 Å². The number of hydrogen-bond acceptors (Lipinski definition) is 4. The molecule has 25 heavy (non-hydrogen) atoms. The first-order valence-corrected chi connectivity index (χ1v) is 8.42. The van der Waals surface area contributed by atoms with Crippen LogP contribution in [0.5, 0.6) is 0 Å². The minimum atomic E-state index is -0.0911. The molecule has 2 amide bonds. The fourth-order valence-electron chi connectivity index (χ4n) is 2.92. The zero-order chi connectivity index (χ0) is 17.2. The molecule has 7 nitrogen and oxygen atoms in total. The van der Waals surface area contributed by atoms with Crippen molar-refractivity contribution in [2.45, 2.75) is 0 Å². The van der Waals surface area contributed by atoms with Gasteiger partial charge in [-0.15, -0.1) is 0 Å².